The van der Waals surface area contributed by atoms with Crippen molar-refractivity contribution in [1.29, 1.82) is 0 Å². The summed E-state index contributed by atoms with van der Waals surface area (Å²) in [5.74, 6) is 1.31. The topological polar surface area (TPSA) is 56.7 Å². The minimum atomic E-state index is -0.265. The Morgan fingerprint density at radius 1 is 1.29 bits per heavy atom. The molecule has 3 aromatic rings. The molecule has 0 spiro atoms. The van der Waals surface area contributed by atoms with E-state index in [4.69, 9.17) is 20.9 Å². The maximum atomic E-state index is 11.9. The number of aryl methyl sites for hydroxylation is 2. The second-order valence-electron chi connectivity index (χ2n) is 4.78. The van der Waals surface area contributed by atoms with Crippen LogP contribution in [0.5, 0.6) is 5.75 Å². The lowest BCUT2D eigenvalue weighted by Crippen LogP contribution is -2.14. The lowest BCUT2D eigenvalue weighted by Gasteiger charge is -2.07. The lowest BCUT2D eigenvalue weighted by molar-refractivity contribution is 0.298. The van der Waals surface area contributed by atoms with Crippen molar-refractivity contribution in [3.8, 4) is 5.75 Å². The van der Waals surface area contributed by atoms with Crippen molar-refractivity contribution in [3.05, 3.63) is 62.7 Å². The molecule has 0 N–H and O–H groups in total. The van der Waals surface area contributed by atoms with Crippen LogP contribution >= 0.6 is 11.6 Å². The molecule has 0 aliphatic carbocycles. The van der Waals surface area contributed by atoms with Crippen LogP contribution in [0.3, 0.4) is 0 Å². The smallest absolute Gasteiger partial charge is 0.287 e. The molecule has 0 saturated heterocycles. The van der Waals surface area contributed by atoms with Gasteiger partial charge in [-0.05, 0) is 37.6 Å². The van der Waals surface area contributed by atoms with Crippen molar-refractivity contribution in [2.24, 2.45) is 0 Å². The zero-order valence-electron chi connectivity index (χ0n) is 11.6. The van der Waals surface area contributed by atoms with Crippen LogP contribution in [0.4, 0.5) is 0 Å². The summed E-state index contributed by atoms with van der Waals surface area (Å²) in [6.07, 6.45) is 0. The van der Waals surface area contributed by atoms with Gasteiger partial charge in [-0.2, -0.15) is 0 Å². The highest BCUT2D eigenvalue weighted by Gasteiger charge is 2.07. The molecule has 21 heavy (non-hydrogen) atoms. The van der Waals surface area contributed by atoms with Gasteiger partial charge in [-0.1, -0.05) is 11.6 Å². The number of ether oxygens (including phenoxy) is 1. The van der Waals surface area contributed by atoms with Gasteiger partial charge in [0, 0.05) is 17.2 Å². The van der Waals surface area contributed by atoms with E-state index in [-0.39, 0.29) is 12.2 Å². The van der Waals surface area contributed by atoms with E-state index in [0.717, 1.165) is 10.1 Å². The van der Waals surface area contributed by atoms with E-state index in [1.165, 1.54) is 6.07 Å². The molecule has 0 aliphatic heterocycles. The molecule has 0 fully saturated rings. The first-order chi connectivity index (χ1) is 10.0. The van der Waals surface area contributed by atoms with Crippen LogP contribution in [-0.4, -0.2) is 9.56 Å². The Morgan fingerprint density at radius 2 is 2.10 bits per heavy atom. The SMILES string of the molecule is Cc1cc2nc(COc3ccc(Cl)c(C)c3)cc(=O)n2o1. The molecule has 0 bridgehead atoms. The van der Waals surface area contributed by atoms with Crippen molar-refractivity contribution in [1.82, 2.24) is 9.56 Å². The first-order valence-corrected chi connectivity index (χ1v) is 6.79. The fourth-order valence-corrected chi connectivity index (χ4v) is 2.13. The number of fused-ring (bicyclic) bond motifs is 1. The number of aromatic nitrogens is 2. The third-order valence-electron chi connectivity index (χ3n) is 3.04. The second kappa shape index (κ2) is 5.26. The van der Waals surface area contributed by atoms with E-state index in [0.29, 0.717) is 27.9 Å². The Balaban J connectivity index is 1.84. The van der Waals surface area contributed by atoms with Crippen LogP contribution in [0.25, 0.3) is 5.65 Å². The van der Waals surface area contributed by atoms with Gasteiger partial charge in [0.25, 0.3) is 5.56 Å². The Morgan fingerprint density at radius 3 is 2.86 bits per heavy atom. The first kappa shape index (κ1) is 13.7. The lowest BCUT2D eigenvalue weighted by atomic mass is 10.2. The molecule has 108 valence electrons. The Hall–Kier alpha value is -2.27. The maximum Gasteiger partial charge on any atom is 0.287 e. The molecular weight excluding hydrogens is 292 g/mol. The highest BCUT2D eigenvalue weighted by atomic mass is 35.5. The van der Waals surface area contributed by atoms with Gasteiger partial charge in [0.05, 0.1) is 5.69 Å². The summed E-state index contributed by atoms with van der Waals surface area (Å²) in [5, 5.41) is 0.689. The summed E-state index contributed by atoms with van der Waals surface area (Å²) in [4.78, 5) is 16.2. The normalized spacial score (nSPS) is 11.0. The molecule has 0 aliphatic rings. The van der Waals surface area contributed by atoms with Crippen molar-refractivity contribution in [2.75, 3.05) is 0 Å². The molecule has 6 heteroatoms. The number of hydrogen-bond donors (Lipinski definition) is 0. The van der Waals surface area contributed by atoms with E-state index in [2.05, 4.69) is 4.98 Å². The van der Waals surface area contributed by atoms with E-state index in [9.17, 15) is 4.79 Å². The average molecular weight is 305 g/mol. The fourth-order valence-electron chi connectivity index (χ4n) is 2.01. The average Bonchev–Trinajstić information content (AvgIpc) is 2.81. The Kier molecular flexibility index (Phi) is 3.43. The summed E-state index contributed by atoms with van der Waals surface area (Å²) in [5.41, 5.74) is 1.70. The van der Waals surface area contributed by atoms with Crippen molar-refractivity contribution in [3.63, 3.8) is 0 Å². The first-order valence-electron chi connectivity index (χ1n) is 6.41. The van der Waals surface area contributed by atoms with Crippen LogP contribution in [0.2, 0.25) is 5.02 Å². The van der Waals surface area contributed by atoms with E-state index >= 15 is 0 Å². The monoisotopic (exact) mass is 304 g/mol. The minimum absolute atomic E-state index is 0.205. The maximum absolute atomic E-state index is 11.9. The molecule has 1 aromatic carbocycles. The third kappa shape index (κ3) is 2.78. The van der Waals surface area contributed by atoms with E-state index in [1.807, 2.05) is 13.0 Å². The van der Waals surface area contributed by atoms with Crippen LogP contribution in [0.15, 0.2) is 39.6 Å². The number of hydrogen-bond acceptors (Lipinski definition) is 4. The van der Waals surface area contributed by atoms with Crippen molar-refractivity contribution < 1.29 is 9.26 Å². The number of benzene rings is 1. The zero-order valence-corrected chi connectivity index (χ0v) is 12.3. The number of rotatable bonds is 3. The molecule has 0 amide bonds. The molecular formula is C15H13ClN2O3. The van der Waals surface area contributed by atoms with Gasteiger partial charge >= 0.3 is 0 Å². The summed E-state index contributed by atoms with van der Waals surface area (Å²) >= 11 is 5.96. The van der Waals surface area contributed by atoms with Crippen molar-refractivity contribution >= 4 is 17.2 Å². The zero-order chi connectivity index (χ0) is 15.0. The predicted octanol–water partition coefficient (Wildman–Crippen LogP) is 3.14. The highest BCUT2D eigenvalue weighted by molar-refractivity contribution is 6.31. The Labute approximate surface area is 125 Å². The molecule has 2 heterocycles. The van der Waals surface area contributed by atoms with Gasteiger partial charge in [-0.3, -0.25) is 4.79 Å². The molecule has 5 nitrogen and oxygen atoms in total. The molecule has 3 rings (SSSR count). The summed E-state index contributed by atoms with van der Waals surface area (Å²) in [6, 6.07) is 8.51. The summed E-state index contributed by atoms with van der Waals surface area (Å²) in [6.45, 7) is 3.87. The predicted molar refractivity (Wildman–Crippen MR) is 79.0 cm³/mol. The van der Waals surface area contributed by atoms with Crippen molar-refractivity contribution in [2.45, 2.75) is 20.5 Å². The minimum Gasteiger partial charge on any atom is -0.487 e. The molecule has 0 radical (unpaired) electrons. The van der Waals surface area contributed by atoms with Gasteiger partial charge in [-0.15, -0.1) is 4.57 Å². The molecule has 0 saturated carbocycles. The molecule has 2 aromatic heterocycles. The summed E-state index contributed by atoms with van der Waals surface area (Å²) in [7, 11) is 0. The largest absolute Gasteiger partial charge is 0.487 e. The van der Waals surface area contributed by atoms with E-state index < -0.39 is 0 Å². The number of nitrogens with zero attached hydrogens (tertiary/aromatic N) is 2. The van der Waals surface area contributed by atoms with Gasteiger partial charge in [0.2, 0.25) is 0 Å². The molecule has 0 atom stereocenters. The number of halogens is 1. The van der Waals surface area contributed by atoms with Crippen LogP contribution in [-0.2, 0) is 6.61 Å². The highest BCUT2D eigenvalue weighted by Crippen LogP contribution is 2.21. The van der Waals surface area contributed by atoms with Crippen LogP contribution in [0.1, 0.15) is 17.0 Å². The van der Waals surface area contributed by atoms with Gasteiger partial charge in [-0.25, -0.2) is 4.98 Å². The van der Waals surface area contributed by atoms with Crippen LogP contribution in [0, 0.1) is 13.8 Å². The van der Waals surface area contributed by atoms with Gasteiger partial charge in [0.1, 0.15) is 18.1 Å². The Bertz CT molecular complexity index is 867. The molecule has 0 unspecified atom stereocenters. The standard InChI is InChI=1S/C15H13ClN2O3/c1-9-5-12(3-4-13(9)16)20-8-11-7-15(19)18-14(17-11)6-10(2)21-18/h3-7H,8H2,1-2H3. The fraction of sp³-hybridized carbons (Fsp3) is 0.200. The van der Waals surface area contributed by atoms with Gasteiger partial charge in [0.15, 0.2) is 5.65 Å². The van der Waals surface area contributed by atoms with Crippen LogP contribution < -0.4 is 10.3 Å². The summed E-state index contributed by atoms with van der Waals surface area (Å²) < 4.78 is 12.0. The second-order valence-corrected chi connectivity index (χ2v) is 5.19. The third-order valence-corrected chi connectivity index (χ3v) is 3.46. The van der Waals surface area contributed by atoms with E-state index in [1.54, 1.807) is 25.1 Å². The van der Waals surface area contributed by atoms with Gasteiger partial charge < -0.3 is 9.26 Å². The quantitative estimate of drug-likeness (QED) is 0.746.